The highest BCUT2D eigenvalue weighted by Gasteiger charge is 2.37. The third-order valence-corrected chi connectivity index (χ3v) is 4.93. The molecule has 0 aliphatic carbocycles. The Labute approximate surface area is 124 Å². The first-order valence-electron chi connectivity index (χ1n) is 5.94. The van der Waals surface area contributed by atoms with Crippen molar-refractivity contribution < 1.29 is 14.0 Å². The van der Waals surface area contributed by atoms with Gasteiger partial charge in [-0.1, -0.05) is 6.07 Å². The fourth-order valence-electron chi connectivity index (χ4n) is 1.93. The van der Waals surface area contributed by atoms with Gasteiger partial charge >= 0.3 is 0 Å². The van der Waals surface area contributed by atoms with Crippen LogP contribution in [-0.2, 0) is 15.3 Å². The molecule has 0 saturated heterocycles. The molecule has 0 N–H and O–H groups in total. The second-order valence-electron chi connectivity index (χ2n) is 4.22. The summed E-state index contributed by atoms with van der Waals surface area (Å²) < 4.78 is 5.26. The molecule has 0 atom stereocenters. The maximum Gasteiger partial charge on any atom is 0.267 e. The molecule has 20 heavy (non-hydrogen) atoms. The van der Waals surface area contributed by atoms with Crippen molar-refractivity contribution in [2.75, 3.05) is 7.05 Å². The van der Waals surface area contributed by atoms with Crippen molar-refractivity contribution in [2.24, 2.45) is 0 Å². The number of hydrogen-bond acceptors (Lipinski definition) is 5. The number of carbonyl (C=O) groups excluding carboxylic acids is 2. The van der Waals surface area contributed by atoms with Crippen LogP contribution < -0.4 is 0 Å². The Bertz CT molecular complexity index is 671. The topological polar surface area (TPSA) is 50.5 Å². The Balaban J connectivity index is 1.94. The van der Waals surface area contributed by atoms with Gasteiger partial charge in [0.25, 0.3) is 11.8 Å². The number of likely N-dealkylation sites (N-methyl/N-ethyl adjacent to an activating group) is 1. The van der Waals surface area contributed by atoms with E-state index in [1.807, 2.05) is 23.6 Å². The van der Waals surface area contributed by atoms with Gasteiger partial charge in [0.1, 0.15) is 5.76 Å². The Hall–Kier alpha value is -1.79. The summed E-state index contributed by atoms with van der Waals surface area (Å²) in [5.41, 5.74) is 0.504. The van der Waals surface area contributed by atoms with Crippen LogP contribution >= 0.6 is 23.1 Å². The van der Waals surface area contributed by atoms with Crippen molar-refractivity contribution in [1.82, 2.24) is 4.90 Å². The molecule has 0 aromatic carbocycles. The van der Waals surface area contributed by atoms with E-state index in [4.69, 9.17) is 4.42 Å². The molecule has 2 aromatic heterocycles. The Morgan fingerprint density at radius 3 is 2.75 bits per heavy atom. The van der Waals surface area contributed by atoms with E-state index in [0.29, 0.717) is 16.2 Å². The smallest absolute Gasteiger partial charge is 0.267 e. The van der Waals surface area contributed by atoms with Crippen molar-refractivity contribution in [3.8, 4) is 0 Å². The molecule has 0 fully saturated rings. The second-order valence-corrected chi connectivity index (χ2v) is 6.15. The number of imide groups is 1. The molecule has 4 nitrogen and oxygen atoms in total. The SMILES string of the molecule is CN1C(=O)C(SCc2ccco2)=C(c2cccs2)C1=O. The maximum absolute atomic E-state index is 12.2. The van der Waals surface area contributed by atoms with Gasteiger partial charge in [-0.3, -0.25) is 14.5 Å². The molecule has 0 bridgehead atoms. The third-order valence-electron chi connectivity index (χ3n) is 2.95. The van der Waals surface area contributed by atoms with Crippen LogP contribution in [0, 0.1) is 0 Å². The van der Waals surface area contributed by atoms with Crippen molar-refractivity contribution in [3.05, 3.63) is 51.5 Å². The fraction of sp³-hybridized carbons (Fsp3) is 0.143. The molecule has 0 radical (unpaired) electrons. The summed E-state index contributed by atoms with van der Waals surface area (Å²) in [4.78, 5) is 26.9. The summed E-state index contributed by atoms with van der Waals surface area (Å²) in [5.74, 6) is 0.835. The van der Waals surface area contributed by atoms with Gasteiger partial charge in [0.05, 0.1) is 22.5 Å². The summed E-state index contributed by atoms with van der Waals surface area (Å²) in [5, 5.41) is 1.90. The molecule has 3 rings (SSSR count). The predicted octanol–water partition coefficient (Wildman–Crippen LogP) is 2.98. The lowest BCUT2D eigenvalue weighted by Crippen LogP contribution is -2.26. The van der Waals surface area contributed by atoms with Crippen molar-refractivity contribution >= 4 is 40.5 Å². The van der Waals surface area contributed by atoms with E-state index in [0.717, 1.165) is 10.6 Å². The minimum atomic E-state index is -0.241. The monoisotopic (exact) mass is 305 g/mol. The summed E-state index contributed by atoms with van der Waals surface area (Å²) >= 11 is 2.80. The Morgan fingerprint density at radius 2 is 2.10 bits per heavy atom. The molecule has 0 spiro atoms. The zero-order chi connectivity index (χ0) is 14.1. The van der Waals surface area contributed by atoms with Crippen LogP contribution in [0.3, 0.4) is 0 Å². The van der Waals surface area contributed by atoms with E-state index in [1.54, 1.807) is 12.3 Å². The van der Waals surface area contributed by atoms with E-state index < -0.39 is 0 Å². The molecule has 1 aliphatic rings. The zero-order valence-electron chi connectivity index (χ0n) is 10.7. The van der Waals surface area contributed by atoms with E-state index in [2.05, 4.69) is 0 Å². The number of furan rings is 1. The number of hydrogen-bond donors (Lipinski definition) is 0. The molecule has 0 unspecified atom stereocenters. The number of carbonyl (C=O) groups is 2. The third kappa shape index (κ3) is 2.21. The minimum Gasteiger partial charge on any atom is -0.468 e. The number of thiophene rings is 1. The van der Waals surface area contributed by atoms with Crippen LogP contribution in [0.1, 0.15) is 10.6 Å². The molecule has 102 valence electrons. The molecule has 2 aromatic rings. The first-order valence-corrected chi connectivity index (χ1v) is 7.80. The largest absolute Gasteiger partial charge is 0.468 e. The Kier molecular flexibility index (Phi) is 3.50. The van der Waals surface area contributed by atoms with Crippen LogP contribution in [0.15, 0.2) is 45.2 Å². The summed E-state index contributed by atoms with van der Waals surface area (Å²) in [6, 6.07) is 7.39. The van der Waals surface area contributed by atoms with Crippen LogP contribution in [0.5, 0.6) is 0 Å². The minimum absolute atomic E-state index is 0.237. The highest BCUT2D eigenvalue weighted by molar-refractivity contribution is 8.03. The van der Waals surface area contributed by atoms with Crippen molar-refractivity contribution in [1.29, 1.82) is 0 Å². The van der Waals surface area contributed by atoms with E-state index in [1.165, 1.54) is 35.0 Å². The molecule has 6 heteroatoms. The summed E-state index contributed by atoms with van der Waals surface area (Å²) in [7, 11) is 1.51. The van der Waals surface area contributed by atoms with Gasteiger partial charge in [0.2, 0.25) is 0 Å². The van der Waals surface area contributed by atoms with Crippen LogP contribution in [0.2, 0.25) is 0 Å². The lowest BCUT2D eigenvalue weighted by molar-refractivity contribution is -0.134. The Morgan fingerprint density at radius 1 is 1.25 bits per heavy atom. The first kappa shape index (κ1) is 13.2. The van der Waals surface area contributed by atoms with Gasteiger partial charge in [-0.05, 0) is 23.6 Å². The van der Waals surface area contributed by atoms with Crippen molar-refractivity contribution in [2.45, 2.75) is 5.75 Å². The lowest BCUT2D eigenvalue weighted by atomic mass is 10.2. The molecule has 3 heterocycles. The number of rotatable bonds is 4. The average molecular weight is 305 g/mol. The zero-order valence-corrected chi connectivity index (χ0v) is 12.3. The number of thioether (sulfide) groups is 1. The van der Waals surface area contributed by atoms with Crippen LogP contribution in [0.25, 0.3) is 5.57 Å². The molecule has 0 saturated carbocycles. The van der Waals surface area contributed by atoms with E-state index >= 15 is 0 Å². The van der Waals surface area contributed by atoms with E-state index in [-0.39, 0.29) is 11.8 Å². The van der Waals surface area contributed by atoms with Gasteiger partial charge in [0.15, 0.2) is 0 Å². The molecule has 2 amide bonds. The molecular weight excluding hydrogens is 294 g/mol. The van der Waals surface area contributed by atoms with Gasteiger partial charge in [-0.15, -0.1) is 23.1 Å². The highest BCUT2D eigenvalue weighted by Crippen LogP contribution is 2.38. The van der Waals surface area contributed by atoms with Crippen LogP contribution in [0.4, 0.5) is 0 Å². The van der Waals surface area contributed by atoms with E-state index in [9.17, 15) is 9.59 Å². The second kappa shape index (κ2) is 5.30. The number of nitrogens with zero attached hydrogens (tertiary/aromatic N) is 1. The van der Waals surface area contributed by atoms with Gasteiger partial charge in [-0.25, -0.2) is 0 Å². The fourth-order valence-corrected chi connectivity index (χ4v) is 3.81. The van der Waals surface area contributed by atoms with Gasteiger partial charge in [0, 0.05) is 11.9 Å². The van der Waals surface area contributed by atoms with Gasteiger partial charge < -0.3 is 4.42 Å². The predicted molar refractivity (Wildman–Crippen MR) is 79.0 cm³/mol. The summed E-state index contributed by atoms with van der Waals surface area (Å²) in [6.07, 6.45) is 1.60. The van der Waals surface area contributed by atoms with Crippen LogP contribution in [-0.4, -0.2) is 23.8 Å². The van der Waals surface area contributed by atoms with Crippen molar-refractivity contribution in [3.63, 3.8) is 0 Å². The normalized spacial score (nSPS) is 15.6. The first-order chi connectivity index (χ1) is 9.68. The average Bonchev–Trinajstić information content (AvgIpc) is 3.16. The lowest BCUT2D eigenvalue weighted by Gasteiger charge is -2.05. The highest BCUT2D eigenvalue weighted by atomic mass is 32.2. The number of amides is 2. The molecular formula is C14H11NO3S2. The quantitative estimate of drug-likeness (QED) is 0.815. The molecule has 1 aliphatic heterocycles. The van der Waals surface area contributed by atoms with Gasteiger partial charge in [-0.2, -0.15) is 0 Å². The summed E-state index contributed by atoms with van der Waals surface area (Å²) in [6.45, 7) is 0. The maximum atomic E-state index is 12.2. The standard InChI is InChI=1S/C14H11NO3S2/c1-15-13(16)11(10-5-3-7-19-10)12(14(15)17)20-8-9-4-2-6-18-9/h2-7H,8H2,1H3.